The normalized spacial score (nSPS) is 29.9. The largest absolute Gasteiger partial charge is 0.390 e. The number of unbranched alkanes of at least 4 members (excludes halogenated alkanes) is 5. The first-order valence-corrected chi connectivity index (χ1v) is 20.8. The van der Waals surface area contributed by atoms with Crippen LogP contribution in [0.2, 0.25) is 0 Å². The summed E-state index contributed by atoms with van der Waals surface area (Å²) in [5, 5.41) is 42.9. The van der Waals surface area contributed by atoms with Gasteiger partial charge in [0.1, 0.15) is 18.3 Å². The predicted octanol–water partition coefficient (Wildman–Crippen LogP) is 4.32. The number of aliphatic hydroxyl groups excluding tert-OH is 3. The van der Waals surface area contributed by atoms with Crippen molar-refractivity contribution in [1.29, 1.82) is 0 Å². The second kappa shape index (κ2) is 26.7. The summed E-state index contributed by atoms with van der Waals surface area (Å²) in [4.78, 5) is 5.38. The molecule has 0 aromatic carbocycles. The van der Waals surface area contributed by atoms with Crippen molar-refractivity contribution in [3.63, 3.8) is 0 Å². The minimum atomic E-state index is -0.965. The zero-order valence-corrected chi connectivity index (χ0v) is 32.8. The van der Waals surface area contributed by atoms with Gasteiger partial charge in [0.15, 0.2) is 11.4 Å². The van der Waals surface area contributed by atoms with E-state index in [1.807, 2.05) is 25.6 Å². The molecule has 2 rings (SSSR count). The van der Waals surface area contributed by atoms with Gasteiger partial charge in [-0.05, 0) is 107 Å². The van der Waals surface area contributed by atoms with Gasteiger partial charge in [0.2, 0.25) is 0 Å². The van der Waals surface area contributed by atoms with Gasteiger partial charge in [-0.25, -0.2) is 0 Å². The van der Waals surface area contributed by atoms with E-state index >= 15 is 0 Å². The van der Waals surface area contributed by atoms with E-state index in [9.17, 15) is 15.3 Å². The minimum absolute atomic E-state index is 0.0244. The van der Waals surface area contributed by atoms with Crippen molar-refractivity contribution in [3.05, 3.63) is 10.4 Å². The van der Waals surface area contributed by atoms with E-state index < -0.39 is 48.8 Å². The first kappa shape index (κ1) is 45.2. The Labute approximate surface area is 311 Å². The predicted molar refractivity (Wildman–Crippen MR) is 206 cm³/mol. The van der Waals surface area contributed by atoms with E-state index in [1.54, 1.807) is 6.92 Å². The van der Waals surface area contributed by atoms with Crippen LogP contribution in [0.5, 0.6) is 0 Å². The molecule has 0 aromatic rings. The van der Waals surface area contributed by atoms with Crippen molar-refractivity contribution < 1.29 is 29.5 Å². The van der Waals surface area contributed by atoms with E-state index in [0.29, 0.717) is 31.1 Å². The number of ether oxygens (including phenoxy) is 3. The SMILES string of the molecule is CCCCN(CCCCCN=[N+]=[N-])CCCCNC(=S)NCCSCCCCOC1[C@H](O[C@H]2OC(CC)[C@@H](O)[C@H](O)C2C)C(N)C[C@@H](C)[C@H]1O. The lowest BCUT2D eigenvalue weighted by molar-refractivity contribution is -0.308. The third-order valence-electron chi connectivity index (χ3n) is 9.85. The van der Waals surface area contributed by atoms with Gasteiger partial charge in [-0.2, -0.15) is 11.8 Å². The Morgan fingerprint density at radius 3 is 2.38 bits per heavy atom. The number of nitrogens with one attached hydrogen (secondary N) is 2. The number of thiocarbonyl (C=S) groups is 1. The summed E-state index contributed by atoms with van der Waals surface area (Å²) in [6.45, 7) is 14.0. The molecule has 0 radical (unpaired) electrons. The van der Waals surface area contributed by atoms with E-state index in [4.69, 9.17) is 37.7 Å². The van der Waals surface area contributed by atoms with Gasteiger partial charge in [-0.3, -0.25) is 0 Å². The number of azide groups is 1. The van der Waals surface area contributed by atoms with Crippen LogP contribution in [-0.2, 0) is 14.2 Å². The quantitative estimate of drug-likeness (QED) is 0.0242. The van der Waals surface area contributed by atoms with Gasteiger partial charge in [-0.1, -0.05) is 45.7 Å². The van der Waals surface area contributed by atoms with Crippen molar-refractivity contribution in [2.75, 3.05) is 57.4 Å². The topological polar surface area (TPSA) is 190 Å². The van der Waals surface area contributed by atoms with Gasteiger partial charge < -0.3 is 50.8 Å². The van der Waals surface area contributed by atoms with Crippen LogP contribution < -0.4 is 16.4 Å². The van der Waals surface area contributed by atoms with Crippen LogP contribution in [0.4, 0.5) is 0 Å². The number of nitrogens with two attached hydrogens (primary N) is 1. The molecule has 0 spiro atoms. The lowest BCUT2D eigenvalue weighted by Gasteiger charge is -2.47. The lowest BCUT2D eigenvalue weighted by atomic mass is 9.80. The number of hydrogen-bond acceptors (Lipinski definition) is 11. The van der Waals surface area contributed by atoms with Gasteiger partial charge in [-0.15, -0.1) is 0 Å². The fourth-order valence-electron chi connectivity index (χ4n) is 6.60. The Kier molecular flexibility index (Phi) is 24.2. The van der Waals surface area contributed by atoms with Crippen LogP contribution >= 0.6 is 24.0 Å². The molecule has 15 heteroatoms. The van der Waals surface area contributed by atoms with Crippen molar-refractivity contribution in [1.82, 2.24) is 15.5 Å². The molecule has 292 valence electrons. The summed E-state index contributed by atoms with van der Waals surface area (Å²) in [6.07, 6.45) is 5.75. The number of nitrogens with zero attached hydrogens (tertiary/aromatic N) is 4. The Morgan fingerprint density at radius 1 is 0.940 bits per heavy atom. The molecular weight excluding hydrogens is 679 g/mol. The molecular formula is C35H69N7O6S2. The highest BCUT2D eigenvalue weighted by Gasteiger charge is 2.48. The molecule has 10 atom stereocenters. The fourth-order valence-corrected chi connectivity index (χ4v) is 7.66. The smallest absolute Gasteiger partial charge is 0.166 e. The summed E-state index contributed by atoms with van der Waals surface area (Å²) in [6, 6.07) is -0.341. The monoisotopic (exact) mass is 747 g/mol. The zero-order valence-electron chi connectivity index (χ0n) is 31.2. The average molecular weight is 748 g/mol. The van der Waals surface area contributed by atoms with Crippen molar-refractivity contribution >= 4 is 29.1 Å². The van der Waals surface area contributed by atoms with Crippen molar-refractivity contribution in [2.24, 2.45) is 22.7 Å². The second-order valence-electron chi connectivity index (χ2n) is 14.0. The van der Waals surface area contributed by atoms with Crippen molar-refractivity contribution in [2.45, 2.75) is 147 Å². The maximum absolute atomic E-state index is 11.0. The molecule has 1 heterocycles. The standard InChI is InChI=1S/C35H69N7O6S2/c1-5-7-18-42(19-11-8-9-16-40-41-37)20-12-10-15-38-35(49)39-17-23-50-22-14-13-21-46-33-29(43)25(3)24-27(36)32(33)48-34-26(4)30(44)31(45)28(6-2)47-34/h25-34,43-45H,5-24,36H2,1-4H3,(H2,38,39,49)/t25-,26?,27?,28?,29-,30-,31-,32-,33?,34-/m1/s1. The van der Waals surface area contributed by atoms with Gasteiger partial charge in [0, 0.05) is 48.9 Å². The Balaban J connectivity index is 1.57. The van der Waals surface area contributed by atoms with E-state index in [2.05, 4.69) is 32.5 Å². The van der Waals surface area contributed by atoms with Crippen LogP contribution in [0.25, 0.3) is 10.4 Å². The van der Waals surface area contributed by atoms with Crippen LogP contribution in [0.1, 0.15) is 98.3 Å². The van der Waals surface area contributed by atoms with Crippen LogP contribution in [0, 0.1) is 11.8 Å². The van der Waals surface area contributed by atoms with Crippen LogP contribution in [0.15, 0.2) is 5.11 Å². The van der Waals surface area contributed by atoms with Crippen LogP contribution in [0.3, 0.4) is 0 Å². The first-order valence-electron chi connectivity index (χ1n) is 19.2. The number of hydrogen-bond donors (Lipinski definition) is 6. The molecule has 1 aliphatic heterocycles. The molecule has 0 bridgehead atoms. The highest BCUT2D eigenvalue weighted by molar-refractivity contribution is 7.99. The van der Waals surface area contributed by atoms with Crippen LogP contribution in [-0.4, -0.2) is 132 Å². The van der Waals surface area contributed by atoms with Gasteiger partial charge >= 0.3 is 0 Å². The zero-order chi connectivity index (χ0) is 36.7. The summed E-state index contributed by atoms with van der Waals surface area (Å²) in [5.41, 5.74) is 14.9. The Bertz CT molecular complexity index is 953. The summed E-state index contributed by atoms with van der Waals surface area (Å²) >= 11 is 7.34. The summed E-state index contributed by atoms with van der Waals surface area (Å²) in [5.74, 6) is 1.49. The molecule has 4 unspecified atom stereocenters. The molecule has 13 nitrogen and oxygen atoms in total. The fraction of sp³-hybridized carbons (Fsp3) is 0.971. The third kappa shape index (κ3) is 16.8. The van der Waals surface area contributed by atoms with Gasteiger partial charge in [0.25, 0.3) is 0 Å². The molecule has 0 aromatic heterocycles. The maximum Gasteiger partial charge on any atom is 0.166 e. The Morgan fingerprint density at radius 2 is 1.66 bits per heavy atom. The van der Waals surface area contributed by atoms with E-state index in [0.717, 1.165) is 89.2 Å². The lowest BCUT2D eigenvalue weighted by Crippen LogP contribution is -2.62. The maximum atomic E-state index is 11.0. The average Bonchev–Trinajstić information content (AvgIpc) is 3.10. The second-order valence-corrected chi connectivity index (χ2v) is 15.6. The number of aliphatic hydroxyl groups is 3. The molecule has 1 saturated heterocycles. The molecule has 2 fully saturated rings. The number of thioether (sulfide) groups is 1. The van der Waals surface area contributed by atoms with Crippen molar-refractivity contribution in [3.8, 4) is 0 Å². The Hall–Kier alpha value is -0.970. The molecule has 1 saturated carbocycles. The van der Waals surface area contributed by atoms with E-state index in [1.165, 1.54) is 12.8 Å². The third-order valence-corrected chi connectivity index (χ3v) is 11.2. The molecule has 1 aliphatic carbocycles. The summed E-state index contributed by atoms with van der Waals surface area (Å²) < 4.78 is 18.6. The molecule has 50 heavy (non-hydrogen) atoms. The highest BCUT2D eigenvalue weighted by atomic mass is 32.2. The first-order chi connectivity index (χ1) is 24.1. The summed E-state index contributed by atoms with van der Waals surface area (Å²) in [7, 11) is 0. The molecule has 2 aliphatic rings. The molecule has 0 amide bonds. The highest BCUT2D eigenvalue weighted by Crippen LogP contribution is 2.34. The molecule has 7 N–H and O–H groups in total. The number of rotatable bonds is 26. The van der Waals surface area contributed by atoms with Gasteiger partial charge in [0.05, 0.1) is 18.3 Å². The van der Waals surface area contributed by atoms with E-state index in [-0.39, 0.29) is 12.0 Å². The minimum Gasteiger partial charge on any atom is -0.390 e.